The Labute approximate surface area is 323 Å². The summed E-state index contributed by atoms with van der Waals surface area (Å²) in [6.45, 7) is 23.6. The summed E-state index contributed by atoms with van der Waals surface area (Å²) in [6.07, 6.45) is 5.14. The largest absolute Gasteiger partial charge is 0.444 e. The first-order chi connectivity index (χ1) is 25.5. The fourth-order valence-corrected chi connectivity index (χ4v) is 8.64. The minimum absolute atomic E-state index is 0.00355. The molecular formula is C41H61N7O4Si2. The Bertz CT molecular complexity index is 1820. The molecule has 2 saturated heterocycles. The summed E-state index contributed by atoms with van der Waals surface area (Å²) in [4.78, 5) is 27.8. The standard InChI is InChI=1S/C41H61N7O4Si2/c1-41(2,3)52-40(49)47-33-21-32(22-34(47)26-42-25-33)37-23-38(46(28-50-17-19-53(4,5)6)29-51-18-20-54(7,8)9)48-39(45-37)35(27-44-48)31-15-16-36(43-24-31)30-13-11-10-12-14-30/h10-16,23-24,27,32-34,42H,17-22,25-26,28-29H2,1-9H3. The molecule has 0 radical (unpaired) electrons. The summed E-state index contributed by atoms with van der Waals surface area (Å²) < 4.78 is 20.6. The van der Waals surface area contributed by atoms with Crippen LogP contribution in [0.5, 0.6) is 0 Å². The number of piperidine rings is 1. The number of pyridine rings is 1. The first-order valence-corrected chi connectivity index (χ1v) is 27.0. The molecule has 11 nitrogen and oxygen atoms in total. The number of anilines is 1. The van der Waals surface area contributed by atoms with Gasteiger partial charge in [0.25, 0.3) is 0 Å². The summed E-state index contributed by atoms with van der Waals surface area (Å²) >= 11 is 0. The third-order valence-electron chi connectivity index (χ3n) is 10.1. The lowest BCUT2D eigenvalue weighted by Gasteiger charge is -2.48. The molecule has 0 saturated carbocycles. The number of piperazine rings is 1. The van der Waals surface area contributed by atoms with Crippen LogP contribution in [0.1, 0.15) is 45.2 Å². The Hall–Kier alpha value is -3.63. The molecule has 2 unspecified atom stereocenters. The lowest BCUT2D eigenvalue weighted by atomic mass is 9.82. The van der Waals surface area contributed by atoms with Gasteiger partial charge >= 0.3 is 6.09 Å². The van der Waals surface area contributed by atoms with Crippen molar-refractivity contribution in [3.8, 4) is 22.4 Å². The van der Waals surface area contributed by atoms with E-state index in [9.17, 15) is 4.79 Å². The number of rotatable bonds is 14. The van der Waals surface area contributed by atoms with E-state index in [0.29, 0.717) is 26.7 Å². The monoisotopic (exact) mass is 771 g/mol. The van der Waals surface area contributed by atoms with Gasteiger partial charge in [-0.25, -0.2) is 9.78 Å². The molecule has 2 bridgehead atoms. The van der Waals surface area contributed by atoms with Gasteiger partial charge in [0.2, 0.25) is 0 Å². The van der Waals surface area contributed by atoms with E-state index < -0.39 is 21.7 Å². The van der Waals surface area contributed by atoms with Gasteiger partial charge in [-0.05, 0) is 51.8 Å². The lowest BCUT2D eigenvalue weighted by Crippen LogP contribution is -2.63. The second kappa shape index (κ2) is 16.6. The smallest absolute Gasteiger partial charge is 0.410 e. The Balaban J connectivity index is 1.37. The van der Waals surface area contributed by atoms with Crippen molar-refractivity contribution < 1.29 is 19.0 Å². The van der Waals surface area contributed by atoms with Crippen molar-refractivity contribution >= 4 is 33.7 Å². The van der Waals surface area contributed by atoms with Crippen molar-refractivity contribution in [1.82, 2.24) is 29.8 Å². The number of amides is 1. The van der Waals surface area contributed by atoms with Gasteiger partial charge in [0.15, 0.2) is 5.65 Å². The van der Waals surface area contributed by atoms with E-state index in [4.69, 9.17) is 29.3 Å². The molecule has 2 aliphatic heterocycles. The summed E-state index contributed by atoms with van der Waals surface area (Å²) in [7, 11) is -2.56. The van der Waals surface area contributed by atoms with Crippen LogP contribution in [0.15, 0.2) is 60.9 Å². The fraction of sp³-hybridized carbons (Fsp3) is 0.561. The van der Waals surface area contributed by atoms with Gasteiger partial charge in [0, 0.05) is 95.1 Å². The van der Waals surface area contributed by atoms with Gasteiger partial charge in [-0.15, -0.1) is 0 Å². The number of fused-ring (bicyclic) bond motifs is 3. The highest BCUT2D eigenvalue weighted by Gasteiger charge is 2.43. The maximum absolute atomic E-state index is 13.5. The zero-order valence-electron chi connectivity index (χ0n) is 33.9. The minimum atomic E-state index is -1.28. The number of carbonyl (C=O) groups excluding carboxylic acids is 1. The summed E-state index contributed by atoms with van der Waals surface area (Å²) in [5, 5.41) is 8.51. The zero-order valence-corrected chi connectivity index (χ0v) is 35.9. The average molecular weight is 772 g/mol. The van der Waals surface area contributed by atoms with Crippen molar-refractivity contribution in [3.05, 3.63) is 66.6 Å². The minimum Gasteiger partial charge on any atom is -0.444 e. The maximum Gasteiger partial charge on any atom is 0.410 e. The molecule has 1 N–H and O–H groups in total. The second-order valence-electron chi connectivity index (χ2n) is 18.4. The molecule has 292 valence electrons. The van der Waals surface area contributed by atoms with E-state index >= 15 is 0 Å². The predicted molar refractivity (Wildman–Crippen MR) is 223 cm³/mol. The quantitative estimate of drug-likeness (QED) is 0.0770. The van der Waals surface area contributed by atoms with E-state index in [-0.39, 0.29) is 24.1 Å². The second-order valence-corrected chi connectivity index (χ2v) is 29.6. The van der Waals surface area contributed by atoms with Crippen molar-refractivity contribution in [2.75, 3.05) is 44.7 Å². The summed E-state index contributed by atoms with van der Waals surface area (Å²) in [6, 6.07) is 18.7. The fourth-order valence-electron chi connectivity index (χ4n) is 7.12. The van der Waals surface area contributed by atoms with Crippen LogP contribution < -0.4 is 10.2 Å². The van der Waals surface area contributed by atoms with Crippen molar-refractivity contribution in [1.29, 1.82) is 0 Å². The van der Waals surface area contributed by atoms with Crippen LogP contribution in [0.2, 0.25) is 51.4 Å². The van der Waals surface area contributed by atoms with Crippen LogP contribution in [-0.4, -0.2) is 104 Å². The number of hydrogen-bond donors (Lipinski definition) is 1. The Morgan fingerprint density at radius 3 is 2.06 bits per heavy atom. The highest BCUT2D eigenvalue weighted by molar-refractivity contribution is 6.76. The first kappa shape index (κ1) is 40.0. The van der Waals surface area contributed by atoms with Gasteiger partial charge in [-0.3, -0.25) is 9.88 Å². The molecule has 2 fully saturated rings. The van der Waals surface area contributed by atoms with Gasteiger partial charge < -0.3 is 24.4 Å². The molecule has 13 heteroatoms. The Morgan fingerprint density at radius 2 is 1.50 bits per heavy atom. The highest BCUT2D eigenvalue weighted by Crippen LogP contribution is 2.39. The Morgan fingerprint density at radius 1 is 0.870 bits per heavy atom. The molecular weight excluding hydrogens is 711 g/mol. The number of nitrogens with zero attached hydrogens (tertiary/aromatic N) is 6. The number of nitrogens with one attached hydrogen (secondary N) is 1. The average Bonchev–Trinajstić information content (AvgIpc) is 3.53. The topological polar surface area (TPSA) is 106 Å². The molecule has 54 heavy (non-hydrogen) atoms. The predicted octanol–water partition coefficient (Wildman–Crippen LogP) is 8.34. The number of hydrogen-bond acceptors (Lipinski definition) is 9. The van der Waals surface area contributed by atoms with Crippen LogP contribution in [0, 0.1) is 0 Å². The molecule has 6 rings (SSSR count). The SMILES string of the molecule is CC(C)(C)OC(=O)N1C2CNCC1CC(c1cc(N(COCC[Si](C)(C)C)COCC[Si](C)(C)C)n3ncc(-c4ccc(-c5ccccc5)nc4)c3n1)C2. The van der Waals surface area contributed by atoms with E-state index in [1.165, 1.54) is 0 Å². The third-order valence-corrected chi connectivity index (χ3v) is 13.5. The molecule has 5 heterocycles. The van der Waals surface area contributed by atoms with E-state index in [1.54, 1.807) is 0 Å². The number of aromatic nitrogens is 4. The molecule has 0 aliphatic carbocycles. The van der Waals surface area contributed by atoms with Gasteiger partial charge in [-0.2, -0.15) is 9.61 Å². The van der Waals surface area contributed by atoms with Gasteiger partial charge in [0.05, 0.1) is 11.9 Å². The van der Waals surface area contributed by atoms with Crippen molar-refractivity contribution in [2.45, 2.75) is 109 Å². The van der Waals surface area contributed by atoms with Crippen LogP contribution in [0.25, 0.3) is 28.0 Å². The number of ether oxygens (including phenoxy) is 3. The van der Waals surface area contributed by atoms with Crippen LogP contribution in [0.3, 0.4) is 0 Å². The van der Waals surface area contributed by atoms with Gasteiger partial charge in [0.1, 0.15) is 24.9 Å². The lowest BCUT2D eigenvalue weighted by molar-refractivity contribution is -0.0170. The number of carbonyl (C=O) groups is 1. The normalized spacial score (nSPS) is 19.3. The van der Waals surface area contributed by atoms with Crippen molar-refractivity contribution in [3.63, 3.8) is 0 Å². The van der Waals surface area contributed by atoms with Crippen LogP contribution >= 0.6 is 0 Å². The molecule has 0 spiro atoms. The molecule has 4 aromatic rings. The first-order valence-electron chi connectivity index (χ1n) is 19.6. The van der Waals surface area contributed by atoms with Crippen LogP contribution in [-0.2, 0) is 14.2 Å². The summed E-state index contributed by atoms with van der Waals surface area (Å²) in [5.74, 6) is 1.02. The van der Waals surface area contributed by atoms with Crippen LogP contribution in [0.4, 0.5) is 10.6 Å². The molecule has 1 aromatic carbocycles. The zero-order chi connectivity index (χ0) is 38.7. The number of benzene rings is 1. The van der Waals surface area contributed by atoms with E-state index in [1.807, 2.05) is 60.8 Å². The van der Waals surface area contributed by atoms with E-state index in [2.05, 4.69) is 79.8 Å². The molecule has 3 aromatic heterocycles. The molecule has 1 amide bonds. The maximum atomic E-state index is 13.5. The highest BCUT2D eigenvalue weighted by atomic mass is 28.3. The van der Waals surface area contributed by atoms with E-state index in [0.717, 1.165) is 77.6 Å². The van der Waals surface area contributed by atoms with Gasteiger partial charge in [-0.1, -0.05) is 75.7 Å². The molecule has 2 atom stereocenters. The summed E-state index contributed by atoms with van der Waals surface area (Å²) in [5.41, 5.74) is 5.05. The Kier molecular flexibility index (Phi) is 12.3. The molecule has 2 aliphatic rings. The van der Waals surface area contributed by atoms with Crippen molar-refractivity contribution in [2.24, 2.45) is 0 Å². The third kappa shape index (κ3) is 10.4.